The van der Waals surface area contributed by atoms with Crippen LogP contribution < -0.4 is 10.5 Å². The number of sulfonamides is 1. The minimum atomic E-state index is -3.90. The first-order chi connectivity index (χ1) is 17.8. The molecule has 0 saturated heterocycles. The molecule has 4 fully saturated rings. The van der Waals surface area contributed by atoms with Crippen LogP contribution in [0.3, 0.4) is 0 Å². The lowest BCUT2D eigenvalue weighted by Gasteiger charge is -2.61. The average Bonchev–Trinajstić information content (AvgIpc) is 3.19. The van der Waals surface area contributed by atoms with Crippen molar-refractivity contribution in [3.63, 3.8) is 0 Å². The summed E-state index contributed by atoms with van der Waals surface area (Å²) in [5, 5.41) is 18.4. The molecule has 8 heteroatoms. The van der Waals surface area contributed by atoms with Gasteiger partial charge in [0.2, 0.25) is 15.9 Å². The Balaban J connectivity index is 1.19. The van der Waals surface area contributed by atoms with Gasteiger partial charge in [-0.05, 0) is 129 Å². The van der Waals surface area contributed by atoms with Gasteiger partial charge in [0.25, 0.3) is 0 Å². The minimum absolute atomic E-state index is 0.00601. The summed E-state index contributed by atoms with van der Waals surface area (Å²) in [5.41, 5.74) is 1.23. The van der Waals surface area contributed by atoms with E-state index >= 15 is 0 Å². The van der Waals surface area contributed by atoms with Crippen molar-refractivity contribution in [2.45, 2.75) is 102 Å². The quantitative estimate of drug-likeness (QED) is 0.373. The Kier molecular flexibility index (Phi) is 7.73. The lowest BCUT2D eigenvalue weighted by Crippen LogP contribution is -2.54. The Labute approximate surface area is 233 Å². The Hall–Kier alpha value is -1.15. The number of nitrogens with two attached hydrogens (primary N) is 1. The zero-order valence-corrected chi connectivity index (χ0v) is 24.7. The fourth-order valence-electron chi connectivity index (χ4n) is 9.80. The van der Waals surface area contributed by atoms with Crippen molar-refractivity contribution in [2.24, 2.45) is 51.5 Å². The number of halogens is 1. The Morgan fingerprint density at radius 3 is 2.53 bits per heavy atom. The number of primary sulfonamides is 1. The van der Waals surface area contributed by atoms with Gasteiger partial charge in [-0.3, -0.25) is 4.79 Å². The van der Waals surface area contributed by atoms with Gasteiger partial charge in [-0.2, -0.15) is 0 Å². The smallest absolute Gasteiger partial charge is 0.239 e. The van der Waals surface area contributed by atoms with Gasteiger partial charge in [-0.15, -0.1) is 0 Å². The van der Waals surface area contributed by atoms with E-state index in [1.54, 1.807) is 0 Å². The summed E-state index contributed by atoms with van der Waals surface area (Å²) < 4.78 is 23.2. The molecule has 0 bridgehead atoms. The van der Waals surface area contributed by atoms with Crippen molar-refractivity contribution in [3.8, 4) is 0 Å². The molecule has 1 aromatic carbocycles. The average molecular weight is 565 g/mol. The topological polar surface area (TPSA) is 109 Å². The van der Waals surface area contributed by atoms with E-state index in [0.29, 0.717) is 40.7 Å². The zero-order chi connectivity index (χ0) is 27.5. The van der Waals surface area contributed by atoms with Gasteiger partial charge in [0, 0.05) is 12.1 Å². The minimum Gasteiger partial charge on any atom is -0.393 e. The van der Waals surface area contributed by atoms with Gasteiger partial charge >= 0.3 is 0 Å². The molecule has 4 aliphatic carbocycles. The maximum absolute atomic E-state index is 12.8. The van der Waals surface area contributed by atoms with Gasteiger partial charge in [-0.25, -0.2) is 13.6 Å². The molecule has 4 aliphatic rings. The third-order valence-corrected chi connectivity index (χ3v) is 13.1. The second kappa shape index (κ2) is 10.4. The largest absolute Gasteiger partial charge is 0.393 e. The monoisotopic (exact) mass is 564 g/mol. The summed E-state index contributed by atoms with van der Waals surface area (Å²) in [7, 11) is -3.90. The van der Waals surface area contributed by atoms with Crippen LogP contribution in [0.25, 0.3) is 0 Å². The van der Waals surface area contributed by atoms with Crippen molar-refractivity contribution in [2.75, 3.05) is 5.32 Å². The third-order valence-electron chi connectivity index (χ3n) is 11.7. The summed E-state index contributed by atoms with van der Waals surface area (Å²) in [6.45, 7) is 7.43. The molecule has 1 aromatic rings. The van der Waals surface area contributed by atoms with E-state index in [2.05, 4.69) is 26.1 Å². The van der Waals surface area contributed by atoms with Crippen LogP contribution >= 0.6 is 11.6 Å². The van der Waals surface area contributed by atoms with Crippen LogP contribution in [0.4, 0.5) is 5.69 Å². The highest BCUT2D eigenvalue weighted by molar-refractivity contribution is 7.89. The molecule has 38 heavy (non-hydrogen) atoms. The Bertz CT molecular complexity index is 1170. The second-order valence-electron chi connectivity index (χ2n) is 13.6. The lowest BCUT2D eigenvalue weighted by molar-refractivity contribution is -0.129. The fraction of sp³-hybridized carbons (Fsp3) is 0.767. The Morgan fingerprint density at radius 1 is 1.11 bits per heavy atom. The number of hydrogen-bond acceptors (Lipinski definition) is 4. The maximum Gasteiger partial charge on any atom is 0.239 e. The number of hydrogen-bond donors (Lipinski definition) is 3. The van der Waals surface area contributed by atoms with E-state index in [4.69, 9.17) is 16.7 Å². The summed E-state index contributed by atoms with van der Waals surface area (Å²) in [5.74, 6) is 4.13. The predicted octanol–water partition coefficient (Wildman–Crippen LogP) is 6.36. The summed E-state index contributed by atoms with van der Waals surface area (Å²) in [6.07, 6.45) is 12.1. The van der Waals surface area contributed by atoms with E-state index < -0.39 is 10.0 Å². The van der Waals surface area contributed by atoms with E-state index in [-0.39, 0.29) is 21.9 Å². The van der Waals surface area contributed by atoms with Crippen LogP contribution in [0, 0.1) is 46.3 Å². The molecule has 4 saturated carbocycles. The first kappa shape index (κ1) is 28.4. The molecule has 9 atom stereocenters. The highest BCUT2D eigenvalue weighted by Crippen LogP contribution is 2.68. The molecule has 4 N–H and O–H groups in total. The molecule has 212 valence electrons. The van der Waals surface area contributed by atoms with Gasteiger partial charge in [-0.1, -0.05) is 32.4 Å². The summed E-state index contributed by atoms with van der Waals surface area (Å²) in [6, 6.07) is 4.29. The van der Waals surface area contributed by atoms with Crippen molar-refractivity contribution in [3.05, 3.63) is 23.2 Å². The molecule has 5 rings (SSSR count). The number of fused-ring (bicyclic) bond motifs is 5. The number of benzene rings is 1. The SMILES string of the molecule is C[C@H](CCC(=O)Nc1ccc(S(N)(=O)=O)c(Cl)c1)[C@H]1CC[C@H]2[C@@H]3CC[C@@H]4C[C@H](O)CC[C@]4(C)[C@H]3CC[C@]12C. The number of anilines is 1. The van der Waals surface area contributed by atoms with Crippen molar-refractivity contribution in [1.29, 1.82) is 0 Å². The molecule has 0 radical (unpaired) electrons. The van der Waals surface area contributed by atoms with E-state index in [1.165, 1.54) is 63.1 Å². The molecule has 0 aliphatic heterocycles. The molecule has 6 nitrogen and oxygen atoms in total. The highest BCUT2D eigenvalue weighted by atomic mass is 35.5. The van der Waals surface area contributed by atoms with Crippen LogP contribution in [-0.4, -0.2) is 25.5 Å². The molecule has 0 heterocycles. The Morgan fingerprint density at radius 2 is 1.82 bits per heavy atom. The highest BCUT2D eigenvalue weighted by Gasteiger charge is 2.60. The third kappa shape index (κ3) is 5.06. The maximum atomic E-state index is 12.8. The number of amides is 1. The molecular formula is C30H45ClN2O4S. The van der Waals surface area contributed by atoms with Crippen molar-refractivity contribution in [1.82, 2.24) is 0 Å². The number of carbonyl (C=O) groups is 1. The van der Waals surface area contributed by atoms with E-state index in [0.717, 1.165) is 37.0 Å². The summed E-state index contributed by atoms with van der Waals surface area (Å²) >= 11 is 6.07. The zero-order valence-electron chi connectivity index (χ0n) is 23.1. The normalized spacial score (nSPS) is 39.5. The van der Waals surface area contributed by atoms with Gasteiger partial charge in [0.05, 0.1) is 11.1 Å². The number of carbonyl (C=O) groups excluding carboxylic acids is 1. The van der Waals surface area contributed by atoms with E-state index in [9.17, 15) is 18.3 Å². The number of aliphatic hydroxyl groups excluding tert-OH is 1. The number of rotatable bonds is 6. The van der Waals surface area contributed by atoms with Crippen LogP contribution in [0.2, 0.25) is 5.02 Å². The summed E-state index contributed by atoms with van der Waals surface area (Å²) in [4.78, 5) is 12.6. The molecule has 0 spiro atoms. The van der Waals surface area contributed by atoms with Gasteiger partial charge in [0.15, 0.2) is 0 Å². The fourth-order valence-corrected chi connectivity index (χ4v) is 10.9. The number of nitrogens with one attached hydrogen (secondary N) is 1. The van der Waals surface area contributed by atoms with Crippen LogP contribution in [0.1, 0.15) is 91.4 Å². The van der Waals surface area contributed by atoms with E-state index in [1.807, 2.05) is 0 Å². The van der Waals surface area contributed by atoms with Crippen molar-refractivity contribution < 1.29 is 18.3 Å². The molecule has 1 amide bonds. The number of aliphatic hydroxyl groups is 1. The van der Waals surface area contributed by atoms with Crippen molar-refractivity contribution >= 4 is 33.2 Å². The van der Waals surface area contributed by atoms with Crippen LogP contribution in [-0.2, 0) is 14.8 Å². The molecule has 0 aromatic heterocycles. The molecule has 0 unspecified atom stereocenters. The first-order valence-corrected chi connectivity index (χ1v) is 16.6. The predicted molar refractivity (Wildman–Crippen MR) is 151 cm³/mol. The van der Waals surface area contributed by atoms with Crippen LogP contribution in [0.15, 0.2) is 23.1 Å². The molecular weight excluding hydrogens is 520 g/mol. The second-order valence-corrected chi connectivity index (χ2v) is 15.5. The van der Waals surface area contributed by atoms with Gasteiger partial charge in [0.1, 0.15) is 4.90 Å². The lowest BCUT2D eigenvalue weighted by atomic mass is 9.44. The standard InChI is InChI=1S/C30H45ClN2O4S/c1-18(4-11-28(35)33-20-6-10-27(26(31)17-20)38(32,36)37)23-8-9-24-22-7-5-19-16-21(34)12-14-29(19,2)25(22)13-15-30(23,24)3/h6,10,17-19,21-25,34H,4-5,7-9,11-16H2,1-3H3,(H,33,35)(H2,32,36,37)/t18-,19-,21-,22+,23-,24+,25+,29+,30-/m1/s1. The van der Waals surface area contributed by atoms with Crippen LogP contribution in [0.5, 0.6) is 0 Å². The van der Waals surface area contributed by atoms with Gasteiger partial charge < -0.3 is 10.4 Å². The first-order valence-electron chi connectivity index (χ1n) is 14.6.